The van der Waals surface area contributed by atoms with Gasteiger partial charge in [0, 0.05) is 27.4 Å². The molecule has 0 aliphatic heterocycles. The van der Waals surface area contributed by atoms with Gasteiger partial charge < -0.3 is 5.32 Å². The Hall–Kier alpha value is -1.03. The normalized spacial score (nSPS) is 14.5. The molecule has 1 N–H and O–H groups in total. The van der Waals surface area contributed by atoms with Crippen LogP contribution in [0.25, 0.3) is 0 Å². The van der Waals surface area contributed by atoms with Crippen molar-refractivity contribution >= 4 is 23.4 Å². The van der Waals surface area contributed by atoms with E-state index in [2.05, 4.69) is 5.32 Å². The van der Waals surface area contributed by atoms with Gasteiger partial charge >= 0.3 is 0 Å². The fourth-order valence-electron chi connectivity index (χ4n) is 1.97. The molecule has 0 aromatic heterocycles. The zero-order valence-electron chi connectivity index (χ0n) is 10.9. The van der Waals surface area contributed by atoms with Gasteiger partial charge in [0.05, 0.1) is 0 Å². The summed E-state index contributed by atoms with van der Waals surface area (Å²) < 4.78 is 13.7. The van der Waals surface area contributed by atoms with Crippen LogP contribution in [0.4, 0.5) is 4.39 Å². The molecule has 1 aliphatic carbocycles. The van der Waals surface area contributed by atoms with Crippen molar-refractivity contribution in [2.24, 2.45) is 0 Å². The quantitative estimate of drug-likeness (QED) is 0.844. The van der Waals surface area contributed by atoms with Crippen LogP contribution in [0.15, 0.2) is 52.3 Å². The monoisotopic (exact) mass is 307 g/mol. The van der Waals surface area contributed by atoms with Crippen LogP contribution in [-0.2, 0) is 6.54 Å². The summed E-state index contributed by atoms with van der Waals surface area (Å²) in [4.78, 5) is 1.69. The van der Waals surface area contributed by atoms with Crippen molar-refractivity contribution in [1.82, 2.24) is 5.32 Å². The molecule has 2 aromatic carbocycles. The molecule has 0 bridgehead atoms. The second-order valence-electron chi connectivity index (χ2n) is 4.94. The Morgan fingerprint density at radius 1 is 1.15 bits per heavy atom. The molecule has 1 saturated carbocycles. The van der Waals surface area contributed by atoms with Gasteiger partial charge in [0.15, 0.2) is 0 Å². The van der Waals surface area contributed by atoms with Gasteiger partial charge in [-0.1, -0.05) is 35.5 Å². The minimum atomic E-state index is -0.187. The largest absolute Gasteiger partial charge is 0.310 e. The van der Waals surface area contributed by atoms with E-state index in [1.54, 1.807) is 12.1 Å². The predicted octanol–water partition coefficient (Wildman–Crippen LogP) is 4.88. The summed E-state index contributed by atoms with van der Waals surface area (Å²) in [6.07, 6.45) is 2.49. The molecule has 0 heterocycles. The van der Waals surface area contributed by atoms with Crippen molar-refractivity contribution < 1.29 is 4.39 Å². The van der Waals surface area contributed by atoms with Crippen LogP contribution >= 0.6 is 23.4 Å². The van der Waals surface area contributed by atoms with E-state index in [1.807, 2.05) is 24.3 Å². The highest BCUT2D eigenvalue weighted by molar-refractivity contribution is 7.99. The molecule has 0 atom stereocenters. The first-order valence-electron chi connectivity index (χ1n) is 6.66. The lowest BCUT2D eigenvalue weighted by Crippen LogP contribution is -2.15. The number of rotatable bonds is 5. The number of hydrogen-bond acceptors (Lipinski definition) is 2. The first-order chi connectivity index (χ1) is 9.72. The third-order valence-electron chi connectivity index (χ3n) is 3.24. The van der Waals surface area contributed by atoms with Crippen molar-refractivity contribution in [2.75, 3.05) is 0 Å². The number of benzene rings is 2. The van der Waals surface area contributed by atoms with Crippen LogP contribution in [0.1, 0.15) is 18.4 Å². The highest BCUT2D eigenvalue weighted by Crippen LogP contribution is 2.34. The fraction of sp³-hybridized carbons (Fsp3) is 0.250. The van der Waals surface area contributed by atoms with E-state index < -0.39 is 0 Å². The summed E-state index contributed by atoms with van der Waals surface area (Å²) in [6, 6.07) is 13.3. The first kappa shape index (κ1) is 13.9. The lowest BCUT2D eigenvalue weighted by molar-refractivity contribution is 0.602. The summed E-state index contributed by atoms with van der Waals surface area (Å²) in [5, 5.41) is 4.19. The molecular weight excluding hydrogens is 293 g/mol. The molecule has 0 unspecified atom stereocenters. The predicted molar refractivity (Wildman–Crippen MR) is 81.8 cm³/mol. The maximum absolute atomic E-state index is 13.7. The van der Waals surface area contributed by atoms with E-state index in [9.17, 15) is 4.39 Å². The summed E-state index contributed by atoms with van der Waals surface area (Å²) in [5.74, 6) is -0.187. The van der Waals surface area contributed by atoms with E-state index >= 15 is 0 Å². The fourth-order valence-corrected chi connectivity index (χ4v) is 3.12. The van der Waals surface area contributed by atoms with E-state index in [-0.39, 0.29) is 5.82 Å². The van der Waals surface area contributed by atoms with E-state index in [4.69, 9.17) is 11.6 Å². The van der Waals surface area contributed by atoms with Gasteiger partial charge in [0.2, 0.25) is 0 Å². The van der Waals surface area contributed by atoms with Gasteiger partial charge in [-0.25, -0.2) is 4.39 Å². The smallest absolute Gasteiger partial charge is 0.137 e. The third kappa shape index (κ3) is 3.54. The molecular formula is C16H15ClFNS. The standard InChI is InChI=1S/C16H15ClFNS/c17-12-5-8-15(11(9-12)10-19-13-6-7-13)20-16-4-2-1-3-14(16)18/h1-5,8-9,13,19H,6-7,10H2. The first-order valence-corrected chi connectivity index (χ1v) is 7.86. The Morgan fingerprint density at radius 3 is 2.70 bits per heavy atom. The van der Waals surface area contributed by atoms with Gasteiger partial charge in [-0.2, -0.15) is 0 Å². The molecule has 0 radical (unpaired) electrons. The van der Waals surface area contributed by atoms with Gasteiger partial charge in [-0.3, -0.25) is 0 Å². The van der Waals surface area contributed by atoms with E-state index in [0.29, 0.717) is 10.9 Å². The molecule has 3 rings (SSSR count). The highest BCUT2D eigenvalue weighted by Gasteiger charge is 2.20. The average molecular weight is 308 g/mol. The van der Waals surface area contributed by atoms with Gasteiger partial charge in [-0.05, 0) is 48.7 Å². The molecule has 104 valence electrons. The lowest BCUT2D eigenvalue weighted by atomic mass is 10.2. The minimum absolute atomic E-state index is 0.187. The highest BCUT2D eigenvalue weighted by atomic mass is 35.5. The van der Waals surface area contributed by atoms with Crippen molar-refractivity contribution in [3.63, 3.8) is 0 Å². The average Bonchev–Trinajstić information content (AvgIpc) is 3.25. The molecule has 4 heteroatoms. The lowest BCUT2D eigenvalue weighted by Gasteiger charge is -2.11. The summed E-state index contributed by atoms with van der Waals surface area (Å²) >= 11 is 7.52. The van der Waals surface area contributed by atoms with Gasteiger partial charge in [-0.15, -0.1) is 0 Å². The summed E-state index contributed by atoms with van der Waals surface area (Å²) in [5.41, 5.74) is 1.12. The zero-order chi connectivity index (χ0) is 13.9. The second kappa shape index (κ2) is 6.17. The number of halogens is 2. The number of hydrogen-bond donors (Lipinski definition) is 1. The Morgan fingerprint density at radius 2 is 1.95 bits per heavy atom. The van der Waals surface area contributed by atoms with Crippen LogP contribution in [0.3, 0.4) is 0 Å². The summed E-state index contributed by atoms with van der Waals surface area (Å²) in [6.45, 7) is 0.780. The van der Waals surface area contributed by atoms with E-state index in [0.717, 1.165) is 22.0 Å². The van der Waals surface area contributed by atoms with Crippen LogP contribution in [0.5, 0.6) is 0 Å². The maximum Gasteiger partial charge on any atom is 0.137 e. The Bertz CT molecular complexity index is 613. The molecule has 2 aromatic rings. The second-order valence-corrected chi connectivity index (χ2v) is 6.46. The van der Waals surface area contributed by atoms with Gasteiger partial charge in [0.1, 0.15) is 5.82 Å². The van der Waals surface area contributed by atoms with Crippen LogP contribution in [0.2, 0.25) is 5.02 Å². The Balaban J connectivity index is 1.82. The molecule has 1 fully saturated rings. The number of nitrogens with one attached hydrogen (secondary N) is 1. The topological polar surface area (TPSA) is 12.0 Å². The molecule has 1 nitrogen and oxygen atoms in total. The molecule has 0 amide bonds. The molecule has 0 spiro atoms. The van der Waals surface area contributed by atoms with E-state index in [1.165, 1.54) is 30.7 Å². The maximum atomic E-state index is 13.7. The minimum Gasteiger partial charge on any atom is -0.310 e. The van der Waals surface area contributed by atoms with Crippen LogP contribution < -0.4 is 5.32 Å². The van der Waals surface area contributed by atoms with Crippen molar-refractivity contribution in [3.05, 3.63) is 58.9 Å². The third-order valence-corrected chi connectivity index (χ3v) is 4.64. The van der Waals surface area contributed by atoms with Crippen molar-refractivity contribution in [2.45, 2.75) is 35.2 Å². The summed E-state index contributed by atoms with van der Waals surface area (Å²) in [7, 11) is 0. The molecule has 0 saturated heterocycles. The van der Waals surface area contributed by atoms with Crippen LogP contribution in [-0.4, -0.2) is 6.04 Å². The van der Waals surface area contributed by atoms with Crippen LogP contribution in [0, 0.1) is 5.82 Å². The Kier molecular flexibility index (Phi) is 4.29. The zero-order valence-corrected chi connectivity index (χ0v) is 12.5. The molecule has 20 heavy (non-hydrogen) atoms. The van der Waals surface area contributed by atoms with Crippen molar-refractivity contribution in [3.8, 4) is 0 Å². The van der Waals surface area contributed by atoms with Gasteiger partial charge in [0.25, 0.3) is 0 Å². The van der Waals surface area contributed by atoms with Crippen molar-refractivity contribution in [1.29, 1.82) is 0 Å². The molecule has 1 aliphatic rings. The Labute approximate surface area is 127 Å². The SMILES string of the molecule is Fc1ccccc1Sc1ccc(Cl)cc1CNC1CC1.